The Morgan fingerprint density at radius 3 is 1.80 bits per heavy atom. The summed E-state index contributed by atoms with van der Waals surface area (Å²) in [5.41, 5.74) is 2.60. The van der Waals surface area contributed by atoms with E-state index in [1.54, 1.807) is 6.04 Å². The van der Waals surface area contributed by atoms with Gasteiger partial charge in [0.2, 0.25) is 0 Å². The van der Waals surface area contributed by atoms with E-state index in [4.69, 9.17) is 0 Å². The van der Waals surface area contributed by atoms with Crippen molar-refractivity contribution in [2.24, 2.45) is 5.41 Å². The Kier molecular flexibility index (Phi) is 3.20. The normalized spacial score (nSPS) is 34.0. The summed E-state index contributed by atoms with van der Waals surface area (Å²) >= 11 is 0. The molecule has 0 aromatic heterocycles. The molecular weight excluding hydrogens is 196 g/mol. The molecule has 0 aromatic rings. The van der Waals surface area contributed by atoms with Crippen LogP contribution in [-0.4, -0.2) is 8.07 Å². The van der Waals surface area contributed by atoms with E-state index >= 15 is 0 Å². The van der Waals surface area contributed by atoms with Gasteiger partial charge in [-0.1, -0.05) is 67.9 Å². The van der Waals surface area contributed by atoms with Crippen molar-refractivity contribution in [3.63, 3.8) is 0 Å². The summed E-state index contributed by atoms with van der Waals surface area (Å²) in [7, 11) is -1.02. The first-order valence-corrected chi connectivity index (χ1v) is 8.93. The van der Waals surface area contributed by atoms with Gasteiger partial charge in [0.05, 0.1) is 8.07 Å². The van der Waals surface area contributed by atoms with Gasteiger partial charge in [-0.25, -0.2) is 0 Å². The van der Waals surface area contributed by atoms with Crippen molar-refractivity contribution >= 4 is 8.07 Å². The summed E-state index contributed by atoms with van der Waals surface area (Å²) in [6, 6.07) is 1.58. The summed E-state index contributed by atoms with van der Waals surface area (Å²) in [6.45, 7) is 19.7. The quantitative estimate of drug-likeness (QED) is 0.548. The molecule has 1 heteroatoms. The Bertz CT molecular complexity index is 231. The Labute approximate surface area is 97.9 Å². The van der Waals surface area contributed by atoms with Crippen LogP contribution in [-0.2, 0) is 0 Å². The van der Waals surface area contributed by atoms with Crippen LogP contribution < -0.4 is 0 Å². The molecule has 1 saturated heterocycles. The highest BCUT2D eigenvalue weighted by molar-refractivity contribution is 6.94. The average Bonchev–Trinajstić information content (AvgIpc) is 2.75. The third-order valence-electron chi connectivity index (χ3n) is 4.94. The molecule has 3 atom stereocenters. The molecule has 1 fully saturated rings. The lowest BCUT2D eigenvalue weighted by Crippen LogP contribution is -2.36. The zero-order valence-corrected chi connectivity index (χ0v) is 13.1. The smallest absolute Gasteiger partial charge is 0.0651 e. The molecule has 1 heterocycles. The molecule has 0 nitrogen and oxygen atoms in total. The van der Waals surface area contributed by atoms with E-state index in [0.717, 1.165) is 11.1 Å². The SMILES string of the molecule is CCC(C)[Si]1(C(C)(C)C)CC1C(C)(C)C. The van der Waals surface area contributed by atoms with Gasteiger partial charge in [-0.2, -0.15) is 0 Å². The van der Waals surface area contributed by atoms with Crippen LogP contribution in [0.2, 0.25) is 22.2 Å². The Balaban J connectivity index is 2.96. The second-order valence-corrected chi connectivity index (χ2v) is 13.4. The molecule has 15 heavy (non-hydrogen) atoms. The second kappa shape index (κ2) is 3.61. The van der Waals surface area contributed by atoms with Gasteiger partial charge in [-0.15, -0.1) is 0 Å². The first-order chi connectivity index (χ1) is 6.57. The van der Waals surface area contributed by atoms with Crippen molar-refractivity contribution in [3.05, 3.63) is 0 Å². The van der Waals surface area contributed by atoms with Gasteiger partial charge in [0.25, 0.3) is 0 Å². The van der Waals surface area contributed by atoms with Crippen molar-refractivity contribution in [2.75, 3.05) is 0 Å². The molecule has 1 rings (SSSR count). The lowest BCUT2D eigenvalue weighted by Gasteiger charge is -2.38. The molecule has 0 bridgehead atoms. The summed E-state index contributed by atoms with van der Waals surface area (Å²) in [6.07, 6.45) is 1.38. The van der Waals surface area contributed by atoms with Gasteiger partial charge in [-0.3, -0.25) is 0 Å². The molecule has 0 saturated carbocycles. The molecule has 0 radical (unpaired) electrons. The third-order valence-corrected chi connectivity index (χ3v) is 12.8. The van der Waals surface area contributed by atoms with E-state index < -0.39 is 8.07 Å². The summed E-state index contributed by atoms with van der Waals surface area (Å²) in [4.78, 5) is 0. The lowest BCUT2D eigenvalue weighted by atomic mass is 9.93. The summed E-state index contributed by atoms with van der Waals surface area (Å²) < 4.78 is 0. The van der Waals surface area contributed by atoms with Gasteiger partial charge in [0.15, 0.2) is 0 Å². The molecule has 0 aromatic carbocycles. The van der Waals surface area contributed by atoms with E-state index in [2.05, 4.69) is 55.4 Å². The van der Waals surface area contributed by atoms with Crippen LogP contribution in [0.4, 0.5) is 0 Å². The summed E-state index contributed by atoms with van der Waals surface area (Å²) in [5.74, 6) is 0. The van der Waals surface area contributed by atoms with Crippen molar-refractivity contribution in [1.82, 2.24) is 0 Å². The van der Waals surface area contributed by atoms with Crippen LogP contribution in [0.15, 0.2) is 0 Å². The van der Waals surface area contributed by atoms with Crippen molar-refractivity contribution < 1.29 is 0 Å². The van der Waals surface area contributed by atoms with E-state index in [0.29, 0.717) is 10.5 Å². The van der Waals surface area contributed by atoms with Crippen LogP contribution in [0.25, 0.3) is 0 Å². The Morgan fingerprint density at radius 1 is 1.13 bits per heavy atom. The Hall–Kier alpha value is 0.217. The van der Waals surface area contributed by atoms with Gasteiger partial charge >= 0.3 is 0 Å². The largest absolute Gasteiger partial charge is 0.0654 e. The van der Waals surface area contributed by atoms with Gasteiger partial charge in [-0.05, 0) is 21.5 Å². The average molecular weight is 226 g/mol. The maximum atomic E-state index is 2.52. The minimum atomic E-state index is -1.02. The van der Waals surface area contributed by atoms with E-state index in [1.807, 2.05) is 0 Å². The molecule has 0 amide bonds. The fraction of sp³-hybridized carbons (Fsp3) is 1.00. The van der Waals surface area contributed by atoms with Gasteiger partial charge in [0.1, 0.15) is 0 Å². The van der Waals surface area contributed by atoms with Crippen molar-refractivity contribution in [1.29, 1.82) is 0 Å². The minimum Gasteiger partial charge on any atom is -0.0654 e. The molecule has 90 valence electrons. The van der Waals surface area contributed by atoms with Crippen LogP contribution in [0, 0.1) is 5.41 Å². The van der Waals surface area contributed by atoms with Crippen molar-refractivity contribution in [2.45, 2.75) is 84.0 Å². The maximum absolute atomic E-state index is 2.52. The topological polar surface area (TPSA) is 0 Å². The van der Waals surface area contributed by atoms with Gasteiger partial charge in [0, 0.05) is 0 Å². The molecule has 0 aliphatic carbocycles. The van der Waals surface area contributed by atoms with Crippen LogP contribution in [0.3, 0.4) is 0 Å². The monoisotopic (exact) mass is 226 g/mol. The zero-order valence-electron chi connectivity index (χ0n) is 12.1. The molecule has 1 aliphatic rings. The van der Waals surface area contributed by atoms with Crippen LogP contribution in [0.1, 0.15) is 61.8 Å². The fourth-order valence-corrected chi connectivity index (χ4v) is 12.2. The lowest BCUT2D eigenvalue weighted by molar-refractivity contribution is 0.418. The minimum absolute atomic E-state index is 0.545. The molecule has 0 N–H and O–H groups in total. The van der Waals surface area contributed by atoms with Gasteiger partial charge < -0.3 is 0 Å². The highest BCUT2D eigenvalue weighted by Gasteiger charge is 2.67. The predicted octanol–water partition coefficient (Wildman–Crippen LogP) is 5.47. The molecule has 1 aliphatic heterocycles. The van der Waals surface area contributed by atoms with Crippen LogP contribution in [0.5, 0.6) is 0 Å². The standard InChI is InChI=1S/C14H30Si/c1-9-11(2)15(14(6,7)8)10-12(15)13(3,4)5/h11-12H,9-10H2,1-8H3. The highest BCUT2D eigenvalue weighted by Crippen LogP contribution is 2.72. The maximum Gasteiger partial charge on any atom is 0.0651 e. The number of hydrogen-bond acceptors (Lipinski definition) is 0. The first kappa shape index (κ1) is 13.3. The Morgan fingerprint density at radius 2 is 1.60 bits per heavy atom. The molecule has 3 unspecified atom stereocenters. The zero-order chi connectivity index (χ0) is 12.1. The first-order valence-electron chi connectivity index (χ1n) is 6.57. The second-order valence-electron chi connectivity index (χ2n) is 7.72. The number of hydrogen-bond donors (Lipinski definition) is 0. The van der Waals surface area contributed by atoms with E-state index in [9.17, 15) is 0 Å². The highest BCUT2D eigenvalue weighted by atomic mass is 28.3. The third kappa shape index (κ3) is 2.04. The molecular formula is C14H30Si. The number of rotatable bonds is 2. The molecule has 0 spiro atoms. The van der Waals surface area contributed by atoms with E-state index in [-0.39, 0.29) is 0 Å². The fourth-order valence-electron chi connectivity index (χ4n) is 3.83. The summed E-state index contributed by atoms with van der Waals surface area (Å²) in [5, 5.41) is 0.598. The van der Waals surface area contributed by atoms with E-state index in [1.165, 1.54) is 6.42 Å². The van der Waals surface area contributed by atoms with Crippen molar-refractivity contribution in [3.8, 4) is 0 Å². The van der Waals surface area contributed by atoms with Crippen LogP contribution >= 0.6 is 0 Å². The predicted molar refractivity (Wildman–Crippen MR) is 73.2 cm³/mol.